The molecule has 1 heterocycles. The summed E-state index contributed by atoms with van der Waals surface area (Å²) in [5.74, 6) is 1.19. The van der Waals surface area contributed by atoms with Gasteiger partial charge in [0.25, 0.3) is 0 Å². The Bertz CT molecular complexity index is 781. The number of aromatic amines is 1. The van der Waals surface area contributed by atoms with E-state index in [-0.39, 0.29) is 0 Å². The van der Waals surface area contributed by atoms with Crippen LogP contribution < -0.4 is 16.5 Å². The maximum Gasteiger partial charge on any atom is 0.214 e. The van der Waals surface area contributed by atoms with Gasteiger partial charge in [-0.2, -0.15) is 0 Å². The van der Waals surface area contributed by atoms with Crippen molar-refractivity contribution >= 4 is 28.2 Å². The first-order valence-electron chi connectivity index (χ1n) is 8.07. The van der Waals surface area contributed by atoms with E-state index in [1.165, 1.54) is 17.7 Å². The van der Waals surface area contributed by atoms with E-state index >= 15 is 0 Å². The van der Waals surface area contributed by atoms with E-state index in [9.17, 15) is 0 Å². The molecule has 0 amide bonds. The van der Waals surface area contributed by atoms with Crippen LogP contribution in [0.25, 0.3) is 10.9 Å². The predicted octanol–water partition coefficient (Wildman–Crippen LogP) is 2.50. The molecule has 0 aliphatic heterocycles. The maximum absolute atomic E-state index is 6.55. The minimum atomic E-state index is 0.552. The number of rotatable bonds is 2. The van der Waals surface area contributed by atoms with Crippen LogP contribution in [0.3, 0.4) is 0 Å². The number of benzene rings is 1. The van der Waals surface area contributed by atoms with Gasteiger partial charge < -0.3 is 11.5 Å². The molecule has 3 nitrogen and oxygen atoms in total. The number of hydrogen-bond donors (Lipinski definition) is 2. The number of aromatic nitrogens is 1. The zero-order chi connectivity index (χ0) is 15.3. The second-order valence-corrected chi connectivity index (χ2v) is 7.09. The van der Waals surface area contributed by atoms with Crippen molar-refractivity contribution in [3.8, 4) is 0 Å². The monoisotopic (exact) mass is 315 g/mol. The Morgan fingerprint density at radius 2 is 2.18 bits per heavy atom. The summed E-state index contributed by atoms with van der Waals surface area (Å²) in [6, 6.07) is 5.93. The molecule has 0 saturated heterocycles. The number of nitrogens with one attached hydrogen (secondary N) is 1. The van der Waals surface area contributed by atoms with Crippen LogP contribution >= 0.6 is 11.6 Å². The number of H-pyrrole nitrogens is 1. The quantitative estimate of drug-likeness (QED) is 0.821. The minimum Gasteiger partial charge on any atom is -0.398 e. The largest absolute Gasteiger partial charge is 0.398 e. The van der Waals surface area contributed by atoms with Crippen molar-refractivity contribution in [2.45, 2.75) is 31.6 Å². The Kier molecular flexibility index (Phi) is 3.35. The predicted molar refractivity (Wildman–Crippen MR) is 89.6 cm³/mol. The number of hydrogen-bond acceptors (Lipinski definition) is 1. The third-order valence-electron chi connectivity index (χ3n) is 5.11. The Labute approximate surface area is 135 Å². The highest BCUT2D eigenvalue weighted by Gasteiger charge is 2.36. The third kappa shape index (κ3) is 2.20. The summed E-state index contributed by atoms with van der Waals surface area (Å²) < 4.78 is 0. The fraction of sp³-hybridized carbons (Fsp3) is 0.389. The van der Waals surface area contributed by atoms with Crippen molar-refractivity contribution < 1.29 is 10.7 Å². The van der Waals surface area contributed by atoms with Crippen LogP contribution in [-0.2, 0) is 6.42 Å². The van der Waals surface area contributed by atoms with Crippen molar-refractivity contribution in [1.29, 1.82) is 0 Å². The molecule has 0 radical (unpaired) electrons. The van der Waals surface area contributed by atoms with Gasteiger partial charge in [0.05, 0.1) is 17.6 Å². The third-order valence-corrected chi connectivity index (χ3v) is 5.35. The lowest BCUT2D eigenvalue weighted by Gasteiger charge is -2.33. The second-order valence-electron chi connectivity index (χ2n) is 6.65. The number of nitrogen functional groups attached to an aromatic ring is 1. The summed E-state index contributed by atoms with van der Waals surface area (Å²) in [6.07, 6.45) is 7.02. The highest BCUT2D eigenvalue weighted by atomic mass is 35.5. The van der Waals surface area contributed by atoms with Crippen LogP contribution in [0.15, 0.2) is 29.8 Å². The lowest BCUT2D eigenvalue weighted by Crippen LogP contribution is -2.50. The van der Waals surface area contributed by atoms with Gasteiger partial charge in [0.1, 0.15) is 0 Å². The normalized spacial score (nSPS) is 23.3. The van der Waals surface area contributed by atoms with Gasteiger partial charge in [-0.25, -0.2) is 4.98 Å². The first kappa shape index (κ1) is 14.0. The van der Waals surface area contributed by atoms with Crippen molar-refractivity contribution in [2.24, 2.45) is 5.92 Å². The summed E-state index contributed by atoms with van der Waals surface area (Å²) in [4.78, 5) is 3.60. The molecular weight excluding hydrogens is 294 g/mol. The zero-order valence-corrected chi connectivity index (χ0v) is 13.4. The van der Waals surface area contributed by atoms with Gasteiger partial charge in [-0.05, 0) is 36.8 Å². The summed E-state index contributed by atoms with van der Waals surface area (Å²) in [6.45, 7) is 0.982. The summed E-state index contributed by atoms with van der Waals surface area (Å²) in [7, 11) is 0. The van der Waals surface area contributed by atoms with E-state index in [1.54, 1.807) is 5.57 Å². The van der Waals surface area contributed by atoms with Gasteiger partial charge in [0, 0.05) is 29.5 Å². The fourth-order valence-corrected chi connectivity index (χ4v) is 4.46. The molecule has 2 aliphatic rings. The molecule has 1 aromatic heterocycles. The van der Waals surface area contributed by atoms with Crippen LogP contribution in [0.2, 0.25) is 5.02 Å². The van der Waals surface area contributed by atoms with Gasteiger partial charge in [-0.1, -0.05) is 23.3 Å². The number of anilines is 1. The van der Waals surface area contributed by atoms with E-state index in [0.717, 1.165) is 47.4 Å². The number of allylic oxidation sites excluding steroid dienone is 1. The topological polar surface area (TPSA) is 67.8 Å². The van der Waals surface area contributed by atoms with E-state index in [4.69, 9.17) is 17.3 Å². The van der Waals surface area contributed by atoms with Gasteiger partial charge in [-0.3, -0.25) is 0 Å². The molecule has 0 fully saturated rings. The Morgan fingerprint density at radius 3 is 3.00 bits per heavy atom. The van der Waals surface area contributed by atoms with Crippen LogP contribution in [0.5, 0.6) is 0 Å². The molecule has 2 aliphatic carbocycles. The molecular formula is C18H22ClN3+2. The van der Waals surface area contributed by atoms with Crippen molar-refractivity contribution in [3.63, 3.8) is 0 Å². The Morgan fingerprint density at radius 1 is 1.32 bits per heavy atom. The van der Waals surface area contributed by atoms with E-state index < -0.39 is 0 Å². The summed E-state index contributed by atoms with van der Waals surface area (Å²) in [5.41, 5.74) is 16.8. The number of fused-ring (bicyclic) bond motifs is 5. The summed E-state index contributed by atoms with van der Waals surface area (Å²) >= 11 is 6.13. The molecule has 2 atom stereocenters. The second kappa shape index (κ2) is 5.25. The molecule has 114 valence electrons. The Balaban J connectivity index is 1.85. The molecule has 6 N–H and O–H groups in total. The lowest BCUT2D eigenvalue weighted by atomic mass is 9.70. The highest BCUT2D eigenvalue weighted by molar-refractivity contribution is 6.31. The van der Waals surface area contributed by atoms with Crippen LogP contribution in [0.4, 0.5) is 5.69 Å². The van der Waals surface area contributed by atoms with E-state index in [2.05, 4.69) is 16.8 Å². The van der Waals surface area contributed by atoms with Gasteiger partial charge in [-0.15, -0.1) is 0 Å². The molecule has 1 aromatic carbocycles. The standard InChI is InChI=1S/C18H20ClN3/c19-13-1-2-14-15(9-13)22-16-8-11-5-10(3-4-20)6-12(7-11)17(16)18(14)21/h1-2,5,9,11-12H,3-4,6-8,20H2,(H2,21,22)/p+2/t11-,12+/m1/s1. The first-order valence-corrected chi connectivity index (χ1v) is 8.45. The molecule has 2 aromatic rings. The number of nitrogens with two attached hydrogens (primary N) is 1. The SMILES string of the molecule is Nc1c2c([nH+]c3cc(Cl)ccc13)C[C@@H]1C=C(CC[NH3+])C[C@H]2C1. The van der Waals surface area contributed by atoms with Gasteiger partial charge in [0.2, 0.25) is 5.52 Å². The number of halogens is 1. The summed E-state index contributed by atoms with van der Waals surface area (Å²) in [5, 5.41) is 1.84. The first-order chi connectivity index (χ1) is 10.7. The Hall–Kier alpha value is -1.58. The maximum atomic E-state index is 6.55. The molecule has 2 bridgehead atoms. The number of pyridine rings is 1. The highest BCUT2D eigenvalue weighted by Crippen LogP contribution is 2.46. The average Bonchev–Trinajstić information content (AvgIpc) is 2.46. The van der Waals surface area contributed by atoms with Gasteiger partial charge in [0.15, 0.2) is 5.69 Å². The molecule has 4 heteroatoms. The van der Waals surface area contributed by atoms with E-state index in [0.29, 0.717) is 11.8 Å². The number of quaternary nitrogens is 1. The smallest absolute Gasteiger partial charge is 0.214 e. The van der Waals surface area contributed by atoms with Crippen LogP contribution in [0, 0.1) is 5.92 Å². The fourth-order valence-electron chi connectivity index (χ4n) is 4.29. The zero-order valence-electron chi connectivity index (χ0n) is 12.7. The van der Waals surface area contributed by atoms with Crippen LogP contribution in [0.1, 0.15) is 36.4 Å². The molecule has 0 spiro atoms. The van der Waals surface area contributed by atoms with Crippen molar-refractivity contribution in [2.75, 3.05) is 12.3 Å². The minimum absolute atomic E-state index is 0.552. The molecule has 22 heavy (non-hydrogen) atoms. The molecule has 0 unspecified atom stereocenters. The molecule has 0 saturated carbocycles. The van der Waals surface area contributed by atoms with Crippen LogP contribution in [-0.4, -0.2) is 6.54 Å². The molecule has 4 rings (SSSR count). The van der Waals surface area contributed by atoms with E-state index in [1.807, 2.05) is 18.2 Å². The van der Waals surface area contributed by atoms with Crippen molar-refractivity contribution in [1.82, 2.24) is 0 Å². The average molecular weight is 316 g/mol. The van der Waals surface area contributed by atoms with Crippen molar-refractivity contribution in [3.05, 3.63) is 46.1 Å². The lowest BCUT2D eigenvalue weighted by molar-refractivity contribution is -0.366. The van der Waals surface area contributed by atoms with Gasteiger partial charge >= 0.3 is 0 Å².